The highest BCUT2D eigenvalue weighted by Gasteiger charge is 2.30. The van der Waals surface area contributed by atoms with Gasteiger partial charge in [0.2, 0.25) is 0 Å². The van der Waals surface area contributed by atoms with Gasteiger partial charge >= 0.3 is 0 Å². The number of carbonyl (C=O) groups excluding carboxylic acids is 2. The molecule has 0 spiro atoms. The zero-order valence-electron chi connectivity index (χ0n) is 17.7. The van der Waals surface area contributed by atoms with E-state index in [9.17, 15) is 9.59 Å². The number of nitrogens with zero attached hydrogens (tertiary/aromatic N) is 6. The standard InChI is InChI=1S/C23H23N7O2/c1-16-21(18-9-5-6-10-19(18)24-16)22(31)23(32)29-13-11-28(12-14-29)15-20-25-26-27-30(20)17-7-3-2-4-8-17/h2-10,24H,11-15H2,1H3. The number of tetrazole rings is 1. The second kappa shape index (κ2) is 8.35. The summed E-state index contributed by atoms with van der Waals surface area (Å²) in [5, 5.41) is 12.9. The van der Waals surface area contributed by atoms with E-state index in [0.29, 0.717) is 38.3 Å². The molecule has 162 valence electrons. The van der Waals surface area contributed by atoms with Crippen molar-refractivity contribution in [3.8, 4) is 5.69 Å². The Morgan fingerprint density at radius 2 is 1.69 bits per heavy atom. The molecule has 0 atom stereocenters. The molecule has 1 amide bonds. The number of ketones is 1. The van der Waals surface area contributed by atoms with Crippen LogP contribution in [0.2, 0.25) is 0 Å². The number of nitrogens with one attached hydrogen (secondary N) is 1. The number of para-hydroxylation sites is 2. The third-order valence-electron chi connectivity index (χ3n) is 5.87. The molecule has 1 saturated heterocycles. The van der Waals surface area contributed by atoms with E-state index in [0.717, 1.165) is 28.1 Å². The van der Waals surface area contributed by atoms with Crippen molar-refractivity contribution in [2.45, 2.75) is 13.5 Å². The predicted octanol–water partition coefficient (Wildman–Crippen LogP) is 1.98. The minimum absolute atomic E-state index is 0.452. The number of H-pyrrole nitrogens is 1. The van der Waals surface area contributed by atoms with E-state index < -0.39 is 11.7 Å². The first-order chi connectivity index (χ1) is 15.6. The van der Waals surface area contributed by atoms with Crippen LogP contribution in [-0.4, -0.2) is 72.9 Å². The average molecular weight is 429 g/mol. The molecule has 0 aliphatic carbocycles. The molecule has 1 N–H and O–H groups in total. The van der Waals surface area contributed by atoms with Gasteiger partial charge in [0.05, 0.1) is 17.8 Å². The van der Waals surface area contributed by atoms with E-state index in [1.807, 2.05) is 61.5 Å². The molecule has 1 aliphatic heterocycles. The number of carbonyl (C=O) groups is 2. The molecule has 0 bridgehead atoms. The van der Waals surface area contributed by atoms with Crippen LogP contribution in [0.3, 0.4) is 0 Å². The Morgan fingerprint density at radius 1 is 0.969 bits per heavy atom. The number of hydrogen-bond donors (Lipinski definition) is 1. The van der Waals surface area contributed by atoms with Gasteiger partial charge in [-0.15, -0.1) is 5.10 Å². The van der Waals surface area contributed by atoms with Gasteiger partial charge in [0.25, 0.3) is 11.7 Å². The summed E-state index contributed by atoms with van der Waals surface area (Å²) < 4.78 is 1.72. The van der Waals surface area contributed by atoms with Crippen LogP contribution in [0.15, 0.2) is 54.6 Å². The molecule has 4 aromatic rings. The monoisotopic (exact) mass is 429 g/mol. The number of aromatic amines is 1. The number of amides is 1. The van der Waals surface area contributed by atoms with Crippen LogP contribution in [-0.2, 0) is 11.3 Å². The van der Waals surface area contributed by atoms with Crippen molar-refractivity contribution < 1.29 is 9.59 Å². The zero-order chi connectivity index (χ0) is 22.1. The largest absolute Gasteiger partial charge is 0.358 e. The van der Waals surface area contributed by atoms with Crippen LogP contribution in [0.4, 0.5) is 0 Å². The van der Waals surface area contributed by atoms with Gasteiger partial charge in [0.15, 0.2) is 5.82 Å². The lowest BCUT2D eigenvalue weighted by Gasteiger charge is -2.33. The predicted molar refractivity (Wildman–Crippen MR) is 118 cm³/mol. The minimum atomic E-state index is -0.457. The van der Waals surface area contributed by atoms with E-state index in [4.69, 9.17) is 0 Å². The molecule has 1 fully saturated rings. The molecule has 2 aromatic carbocycles. The van der Waals surface area contributed by atoms with E-state index in [1.165, 1.54) is 0 Å². The summed E-state index contributed by atoms with van der Waals surface area (Å²) in [5.74, 6) is -0.172. The number of rotatable bonds is 5. The molecule has 32 heavy (non-hydrogen) atoms. The Labute approximate surface area is 184 Å². The lowest BCUT2D eigenvalue weighted by molar-refractivity contribution is -0.128. The molecule has 0 unspecified atom stereocenters. The zero-order valence-corrected chi connectivity index (χ0v) is 17.7. The fourth-order valence-electron chi connectivity index (χ4n) is 4.20. The molecular formula is C23H23N7O2. The third kappa shape index (κ3) is 3.67. The summed E-state index contributed by atoms with van der Waals surface area (Å²) in [6.45, 7) is 4.66. The number of benzene rings is 2. The highest BCUT2D eigenvalue weighted by molar-refractivity contribution is 6.45. The van der Waals surface area contributed by atoms with E-state index in [1.54, 1.807) is 9.58 Å². The van der Waals surface area contributed by atoms with E-state index in [2.05, 4.69) is 25.4 Å². The van der Waals surface area contributed by atoms with Crippen LogP contribution in [0.5, 0.6) is 0 Å². The summed E-state index contributed by atoms with van der Waals surface area (Å²) in [4.78, 5) is 33.0. The first-order valence-electron chi connectivity index (χ1n) is 10.6. The molecule has 3 heterocycles. The molecule has 2 aromatic heterocycles. The van der Waals surface area contributed by atoms with Gasteiger partial charge < -0.3 is 9.88 Å². The highest BCUT2D eigenvalue weighted by atomic mass is 16.2. The number of Topliss-reactive ketones (excluding diaryl/α,β-unsaturated/α-hetero) is 1. The Balaban J connectivity index is 1.24. The molecule has 9 nitrogen and oxygen atoms in total. The maximum Gasteiger partial charge on any atom is 0.295 e. The Hall–Kier alpha value is -3.85. The number of fused-ring (bicyclic) bond motifs is 1. The molecular weight excluding hydrogens is 406 g/mol. The van der Waals surface area contributed by atoms with Crippen molar-refractivity contribution in [2.75, 3.05) is 26.2 Å². The molecule has 0 radical (unpaired) electrons. The van der Waals surface area contributed by atoms with Gasteiger partial charge in [0.1, 0.15) is 0 Å². The molecule has 0 saturated carbocycles. The van der Waals surface area contributed by atoms with Gasteiger partial charge in [-0.2, -0.15) is 4.68 Å². The summed E-state index contributed by atoms with van der Waals surface area (Å²) in [5.41, 5.74) is 2.95. The lowest BCUT2D eigenvalue weighted by Crippen LogP contribution is -2.50. The Kier molecular flexibility index (Phi) is 5.24. The first kappa shape index (κ1) is 20.1. The normalized spacial score (nSPS) is 14.7. The van der Waals surface area contributed by atoms with Crippen LogP contribution in [0, 0.1) is 6.92 Å². The molecule has 9 heteroatoms. The molecule has 5 rings (SSSR count). The summed E-state index contributed by atoms with van der Waals surface area (Å²) in [7, 11) is 0. The van der Waals surface area contributed by atoms with Gasteiger partial charge in [-0.05, 0) is 35.5 Å². The van der Waals surface area contributed by atoms with Crippen LogP contribution < -0.4 is 0 Å². The number of aryl methyl sites for hydroxylation is 1. The fourth-order valence-corrected chi connectivity index (χ4v) is 4.20. The van der Waals surface area contributed by atoms with Gasteiger partial charge in [-0.3, -0.25) is 14.5 Å². The van der Waals surface area contributed by atoms with Gasteiger partial charge in [-0.1, -0.05) is 36.4 Å². The van der Waals surface area contributed by atoms with Crippen molar-refractivity contribution in [1.29, 1.82) is 0 Å². The molecule has 1 aliphatic rings. The number of aromatic nitrogens is 5. The highest BCUT2D eigenvalue weighted by Crippen LogP contribution is 2.23. The first-order valence-corrected chi connectivity index (χ1v) is 10.6. The van der Waals surface area contributed by atoms with E-state index in [-0.39, 0.29) is 0 Å². The van der Waals surface area contributed by atoms with E-state index >= 15 is 0 Å². The van der Waals surface area contributed by atoms with Crippen LogP contribution in [0.25, 0.3) is 16.6 Å². The maximum absolute atomic E-state index is 13.0. The van der Waals surface area contributed by atoms with Crippen molar-refractivity contribution in [3.05, 3.63) is 71.7 Å². The lowest BCUT2D eigenvalue weighted by atomic mass is 10.1. The van der Waals surface area contributed by atoms with Crippen molar-refractivity contribution >= 4 is 22.6 Å². The van der Waals surface area contributed by atoms with Crippen molar-refractivity contribution in [2.24, 2.45) is 0 Å². The smallest absolute Gasteiger partial charge is 0.295 e. The van der Waals surface area contributed by atoms with Crippen molar-refractivity contribution in [1.82, 2.24) is 35.0 Å². The number of piperazine rings is 1. The fraction of sp³-hybridized carbons (Fsp3) is 0.261. The summed E-state index contributed by atoms with van der Waals surface area (Å²) >= 11 is 0. The SMILES string of the molecule is Cc1[nH]c2ccccc2c1C(=O)C(=O)N1CCN(Cc2nnnn2-c2ccccc2)CC1. The summed E-state index contributed by atoms with van der Waals surface area (Å²) in [6, 6.07) is 17.3. The topological polar surface area (TPSA) is 100 Å². The second-order valence-corrected chi connectivity index (χ2v) is 7.91. The maximum atomic E-state index is 13.0. The second-order valence-electron chi connectivity index (χ2n) is 7.91. The minimum Gasteiger partial charge on any atom is -0.358 e. The number of hydrogen-bond acceptors (Lipinski definition) is 6. The Bertz CT molecular complexity index is 1270. The van der Waals surface area contributed by atoms with Gasteiger partial charge in [-0.25, -0.2) is 0 Å². The van der Waals surface area contributed by atoms with Crippen LogP contribution in [0.1, 0.15) is 21.9 Å². The third-order valence-corrected chi connectivity index (χ3v) is 5.87. The van der Waals surface area contributed by atoms with Crippen molar-refractivity contribution in [3.63, 3.8) is 0 Å². The average Bonchev–Trinajstić information content (AvgIpc) is 3.42. The van der Waals surface area contributed by atoms with Crippen LogP contribution >= 0.6 is 0 Å². The Morgan fingerprint density at radius 3 is 2.47 bits per heavy atom. The quantitative estimate of drug-likeness (QED) is 0.385. The summed E-state index contributed by atoms with van der Waals surface area (Å²) in [6.07, 6.45) is 0. The van der Waals surface area contributed by atoms with Gasteiger partial charge in [0, 0.05) is 42.8 Å².